The Balaban J connectivity index is 1.75. The summed E-state index contributed by atoms with van der Waals surface area (Å²) in [7, 11) is 0. The summed E-state index contributed by atoms with van der Waals surface area (Å²) in [6.45, 7) is 26.4. The molecule has 0 aromatic carbocycles. The van der Waals surface area contributed by atoms with Crippen molar-refractivity contribution in [2.75, 3.05) is 78.8 Å². The fourth-order valence-corrected chi connectivity index (χ4v) is 5.90. The molecular weight excluding hydrogens is 364 g/mol. The fraction of sp³-hybridized carbons (Fsp3) is 0.957. The van der Waals surface area contributed by atoms with Crippen LogP contribution in [0.3, 0.4) is 0 Å². The lowest BCUT2D eigenvalue weighted by Gasteiger charge is -2.52. The van der Waals surface area contributed by atoms with Crippen LogP contribution in [0.4, 0.5) is 0 Å². The number of hydrogen-bond donors (Lipinski definition) is 0. The highest BCUT2D eigenvalue weighted by Crippen LogP contribution is 2.28. The molecule has 3 aliphatic heterocycles. The minimum absolute atomic E-state index is 0.0343. The van der Waals surface area contributed by atoms with E-state index in [9.17, 15) is 4.79 Å². The van der Waals surface area contributed by atoms with Crippen LogP contribution in [0.1, 0.15) is 54.4 Å². The van der Waals surface area contributed by atoms with Crippen molar-refractivity contribution in [2.45, 2.75) is 60.0 Å². The van der Waals surface area contributed by atoms with E-state index in [0.717, 1.165) is 37.3 Å². The van der Waals surface area contributed by atoms with Crippen molar-refractivity contribution in [2.24, 2.45) is 5.41 Å². The van der Waals surface area contributed by atoms with Gasteiger partial charge in [-0.1, -0.05) is 20.8 Å². The third-order valence-electron chi connectivity index (χ3n) is 6.69. The Bertz CT molecular complexity index is 582. The van der Waals surface area contributed by atoms with Crippen molar-refractivity contribution in [1.29, 1.82) is 0 Å². The first-order valence-corrected chi connectivity index (χ1v) is 11.7. The largest absolute Gasteiger partial charge is 0.456 e. The Labute approximate surface area is 178 Å². The van der Waals surface area contributed by atoms with E-state index >= 15 is 0 Å². The molecule has 0 spiro atoms. The van der Waals surface area contributed by atoms with Gasteiger partial charge >= 0.3 is 5.97 Å². The van der Waals surface area contributed by atoms with Crippen LogP contribution < -0.4 is 0 Å². The van der Waals surface area contributed by atoms with Gasteiger partial charge in [0, 0.05) is 31.3 Å². The van der Waals surface area contributed by atoms with E-state index in [1.165, 1.54) is 56.7 Å². The van der Waals surface area contributed by atoms with Crippen molar-refractivity contribution in [3.63, 3.8) is 0 Å². The number of hydrogen-bond acceptors (Lipinski definition) is 4. The summed E-state index contributed by atoms with van der Waals surface area (Å²) in [6.07, 6.45) is 2.48. The minimum Gasteiger partial charge on any atom is -0.456 e. The lowest BCUT2D eigenvalue weighted by molar-refractivity contribution is -0.959. The second-order valence-electron chi connectivity index (χ2n) is 12.3. The maximum absolute atomic E-state index is 12.7. The fourth-order valence-electron chi connectivity index (χ4n) is 5.90. The standard InChI is InChI=1S/C23H46N4O2/c1-22(2,3)18-27-14-8-10-25(20-27)11-15-26(17-21(28)29-23(4,5)6)13-7-9-24(19-26)12-16-27/h7-20H2,1-6H3/q+2. The first kappa shape index (κ1) is 23.0. The molecule has 29 heavy (non-hydrogen) atoms. The zero-order chi connectivity index (χ0) is 21.3. The summed E-state index contributed by atoms with van der Waals surface area (Å²) in [5.41, 5.74) is -0.0511. The highest BCUT2D eigenvalue weighted by Gasteiger charge is 2.43. The van der Waals surface area contributed by atoms with Gasteiger partial charge in [-0.25, -0.2) is 4.79 Å². The van der Waals surface area contributed by atoms with Gasteiger partial charge < -0.3 is 13.7 Å². The number of ether oxygens (including phenoxy) is 1. The van der Waals surface area contributed by atoms with E-state index in [2.05, 4.69) is 30.6 Å². The van der Waals surface area contributed by atoms with Gasteiger partial charge in [-0.2, -0.15) is 0 Å². The molecule has 3 saturated heterocycles. The van der Waals surface area contributed by atoms with Crippen LogP contribution in [0.5, 0.6) is 0 Å². The van der Waals surface area contributed by atoms with Gasteiger partial charge in [-0.3, -0.25) is 9.80 Å². The van der Waals surface area contributed by atoms with Crippen molar-refractivity contribution in [3.8, 4) is 0 Å². The van der Waals surface area contributed by atoms with Crippen molar-refractivity contribution >= 4 is 5.97 Å². The first-order valence-electron chi connectivity index (χ1n) is 11.7. The molecule has 6 nitrogen and oxygen atoms in total. The molecule has 0 radical (unpaired) electrons. The van der Waals surface area contributed by atoms with E-state index in [0.29, 0.717) is 12.0 Å². The highest BCUT2D eigenvalue weighted by molar-refractivity contribution is 5.71. The second kappa shape index (κ2) is 8.45. The van der Waals surface area contributed by atoms with Gasteiger partial charge in [-0.15, -0.1) is 0 Å². The average molecular weight is 411 g/mol. The molecule has 3 heterocycles. The number of quaternary nitrogens is 2. The van der Waals surface area contributed by atoms with Crippen LogP contribution in [0.15, 0.2) is 0 Å². The van der Waals surface area contributed by atoms with Gasteiger partial charge in [-0.05, 0) is 20.8 Å². The van der Waals surface area contributed by atoms with Crippen LogP contribution in [0.25, 0.3) is 0 Å². The lowest BCUT2D eigenvalue weighted by Crippen LogP contribution is -2.69. The smallest absolute Gasteiger partial charge is 0.362 e. The number of rotatable bonds is 3. The van der Waals surface area contributed by atoms with E-state index < -0.39 is 5.60 Å². The van der Waals surface area contributed by atoms with Crippen LogP contribution >= 0.6 is 0 Å². The predicted octanol–water partition coefficient (Wildman–Crippen LogP) is 2.35. The van der Waals surface area contributed by atoms with Crippen LogP contribution in [-0.2, 0) is 9.53 Å². The molecule has 4 atom stereocenters. The molecule has 0 amide bonds. The molecule has 4 bridgehead atoms. The minimum atomic E-state index is -0.404. The molecule has 0 saturated carbocycles. The third-order valence-corrected chi connectivity index (χ3v) is 6.69. The SMILES string of the molecule is CC(C)(C)C[N+]12CCCN(CC[N+]3(CC(=O)OC(C)(C)C)CCCN(CC1)C3)C2. The van der Waals surface area contributed by atoms with Crippen molar-refractivity contribution in [3.05, 3.63) is 0 Å². The Morgan fingerprint density at radius 2 is 1.31 bits per heavy atom. The summed E-state index contributed by atoms with van der Waals surface area (Å²) < 4.78 is 7.84. The molecule has 0 aromatic heterocycles. The molecule has 0 aromatic rings. The van der Waals surface area contributed by atoms with E-state index in [-0.39, 0.29) is 5.97 Å². The van der Waals surface area contributed by atoms with Crippen molar-refractivity contribution < 1.29 is 18.5 Å². The van der Waals surface area contributed by atoms with Crippen molar-refractivity contribution in [1.82, 2.24) is 9.80 Å². The van der Waals surface area contributed by atoms with Crippen LogP contribution in [0.2, 0.25) is 0 Å². The van der Waals surface area contributed by atoms with Crippen LogP contribution in [0, 0.1) is 5.41 Å². The van der Waals surface area contributed by atoms with Gasteiger partial charge in [0.2, 0.25) is 0 Å². The summed E-state index contributed by atoms with van der Waals surface area (Å²) in [6, 6.07) is 0. The predicted molar refractivity (Wildman–Crippen MR) is 117 cm³/mol. The summed E-state index contributed by atoms with van der Waals surface area (Å²) in [5, 5.41) is 0. The summed E-state index contributed by atoms with van der Waals surface area (Å²) >= 11 is 0. The number of esters is 1. The second-order valence-corrected chi connectivity index (χ2v) is 12.3. The van der Waals surface area contributed by atoms with E-state index in [1.807, 2.05) is 20.8 Å². The van der Waals surface area contributed by atoms with E-state index in [1.54, 1.807) is 0 Å². The molecule has 3 fully saturated rings. The maximum Gasteiger partial charge on any atom is 0.362 e. The van der Waals surface area contributed by atoms with Gasteiger partial charge in [0.25, 0.3) is 0 Å². The number of carbonyl (C=O) groups is 1. The monoisotopic (exact) mass is 410 g/mol. The molecule has 0 aliphatic carbocycles. The first-order chi connectivity index (χ1) is 13.4. The molecule has 6 heteroatoms. The molecule has 3 rings (SSSR count). The number of fused-ring (bicyclic) bond motifs is 4. The molecule has 0 N–H and O–H groups in total. The van der Waals surface area contributed by atoms with Gasteiger partial charge in [0.05, 0.1) is 45.8 Å². The molecule has 168 valence electrons. The summed E-state index contributed by atoms with van der Waals surface area (Å²) in [5.74, 6) is -0.0343. The maximum atomic E-state index is 12.7. The Morgan fingerprint density at radius 3 is 1.86 bits per heavy atom. The molecule has 3 aliphatic rings. The summed E-state index contributed by atoms with van der Waals surface area (Å²) in [4.78, 5) is 18.1. The number of nitrogens with zero attached hydrogens (tertiary/aromatic N) is 4. The topological polar surface area (TPSA) is 32.8 Å². The number of carbonyl (C=O) groups excluding carboxylic acids is 1. The Morgan fingerprint density at radius 1 is 0.793 bits per heavy atom. The zero-order valence-electron chi connectivity index (χ0n) is 20.0. The zero-order valence-corrected chi connectivity index (χ0v) is 20.0. The molecular formula is C23H46N4O2+2. The lowest BCUT2D eigenvalue weighted by atomic mass is 9.94. The Hall–Kier alpha value is -0.690. The molecule has 4 unspecified atom stereocenters. The quantitative estimate of drug-likeness (QED) is 0.528. The van der Waals surface area contributed by atoms with Crippen LogP contribution in [-0.4, -0.2) is 109 Å². The van der Waals surface area contributed by atoms with Gasteiger partial charge in [0.1, 0.15) is 18.9 Å². The van der Waals surface area contributed by atoms with Gasteiger partial charge in [0.15, 0.2) is 6.54 Å². The van der Waals surface area contributed by atoms with E-state index in [4.69, 9.17) is 4.74 Å². The normalized spacial score (nSPS) is 36.3. The third kappa shape index (κ3) is 6.65. The highest BCUT2D eigenvalue weighted by atomic mass is 16.6. The Kier molecular flexibility index (Phi) is 6.69. The average Bonchev–Trinajstić information content (AvgIpc) is 2.55.